The van der Waals surface area contributed by atoms with Crippen LogP contribution in [0.5, 0.6) is 0 Å². The molecule has 0 aromatic carbocycles. The number of aromatic nitrogens is 2. The molecule has 2 heterocycles. The fourth-order valence-electron chi connectivity index (χ4n) is 2.43. The molecule has 9 nitrogen and oxygen atoms in total. The van der Waals surface area contributed by atoms with Crippen LogP contribution in [-0.2, 0) is 9.53 Å². The molecule has 0 radical (unpaired) electrons. The zero-order chi connectivity index (χ0) is 17.9. The molecule has 25 heavy (non-hydrogen) atoms. The molecule has 136 valence electrons. The number of hydrogen-bond donors (Lipinski definition) is 3. The molecular formula is C16H25N6O3+. The number of hydrogen-bond acceptors (Lipinski definition) is 6. The first-order valence-corrected chi connectivity index (χ1v) is 8.42. The highest BCUT2D eigenvalue weighted by atomic mass is 16.5. The first-order valence-electron chi connectivity index (χ1n) is 8.42. The minimum atomic E-state index is -0.457. The molecule has 0 unspecified atom stereocenters. The summed E-state index contributed by atoms with van der Waals surface area (Å²) in [4.78, 5) is 32.8. The topological polar surface area (TPSA) is 110 Å². The van der Waals surface area contributed by atoms with Crippen molar-refractivity contribution in [1.82, 2.24) is 20.7 Å². The van der Waals surface area contributed by atoms with Crippen LogP contribution >= 0.6 is 0 Å². The van der Waals surface area contributed by atoms with Crippen LogP contribution in [0.25, 0.3) is 0 Å². The van der Waals surface area contributed by atoms with E-state index in [0.29, 0.717) is 12.3 Å². The Balaban J connectivity index is 1.61. The van der Waals surface area contributed by atoms with Crippen molar-refractivity contribution in [2.75, 3.05) is 39.4 Å². The van der Waals surface area contributed by atoms with E-state index in [9.17, 15) is 9.59 Å². The predicted octanol–water partition coefficient (Wildman–Crippen LogP) is -1.61. The smallest absolute Gasteiger partial charge is 0.291 e. The molecule has 1 saturated heterocycles. The molecule has 0 saturated carbocycles. The van der Waals surface area contributed by atoms with E-state index in [1.54, 1.807) is 6.92 Å². The second-order valence-corrected chi connectivity index (χ2v) is 5.87. The first-order chi connectivity index (χ1) is 12.1. The Morgan fingerprint density at radius 3 is 2.84 bits per heavy atom. The second kappa shape index (κ2) is 10.5. The third-order valence-electron chi connectivity index (χ3n) is 3.79. The minimum absolute atomic E-state index is 0.105. The summed E-state index contributed by atoms with van der Waals surface area (Å²) in [5.41, 5.74) is 3.06. The molecule has 2 amide bonds. The Morgan fingerprint density at radius 1 is 1.32 bits per heavy atom. The lowest BCUT2D eigenvalue weighted by atomic mass is 10.3. The SMILES string of the molecule is C/C(CC(=O)NCCC[NH+]1CCOCC1)=N/NC(=O)c1cnccn1. The standard InChI is InChI=1S/C16H24N6O3/c1-13(20-21-16(24)14-12-17-4-5-18-14)11-15(23)19-3-2-6-22-7-9-25-10-8-22/h4-5,12H,2-3,6-11H2,1H3,(H,19,23)(H,21,24)/p+1/b20-13-. The Morgan fingerprint density at radius 2 is 2.12 bits per heavy atom. The van der Waals surface area contributed by atoms with E-state index in [2.05, 4.69) is 25.8 Å². The summed E-state index contributed by atoms with van der Waals surface area (Å²) < 4.78 is 5.31. The van der Waals surface area contributed by atoms with Gasteiger partial charge in [-0.1, -0.05) is 0 Å². The summed E-state index contributed by atoms with van der Waals surface area (Å²) >= 11 is 0. The number of carbonyl (C=O) groups is 2. The zero-order valence-corrected chi connectivity index (χ0v) is 14.5. The van der Waals surface area contributed by atoms with Crippen LogP contribution in [0.3, 0.4) is 0 Å². The fraction of sp³-hybridized carbons (Fsp3) is 0.562. The molecule has 1 aromatic heterocycles. The molecule has 1 aliphatic rings. The molecule has 0 atom stereocenters. The Kier molecular flexibility index (Phi) is 7.93. The van der Waals surface area contributed by atoms with Crippen molar-refractivity contribution >= 4 is 17.5 Å². The van der Waals surface area contributed by atoms with Gasteiger partial charge in [0.1, 0.15) is 18.8 Å². The van der Waals surface area contributed by atoms with Crippen LogP contribution in [0.15, 0.2) is 23.7 Å². The van der Waals surface area contributed by atoms with Crippen molar-refractivity contribution < 1.29 is 19.2 Å². The molecule has 9 heteroatoms. The maximum absolute atomic E-state index is 11.9. The van der Waals surface area contributed by atoms with E-state index in [4.69, 9.17) is 4.74 Å². The molecule has 2 rings (SSSR count). The average molecular weight is 349 g/mol. The van der Waals surface area contributed by atoms with Crippen LogP contribution in [0.1, 0.15) is 30.3 Å². The molecule has 1 fully saturated rings. The minimum Gasteiger partial charge on any atom is -0.370 e. The maximum atomic E-state index is 11.9. The monoisotopic (exact) mass is 349 g/mol. The number of hydrazone groups is 1. The summed E-state index contributed by atoms with van der Waals surface area (Å²) in [6, 6.07) is 0. The Hall–Kier alpha value is -2.39. The van der Waals surface area contributed by atoms with Gasteiger partial charge in [-0.3, -0.25) is 14.6 Å². The summed E-state index contributed by atoms with van der Waals surface area (Å²) in [6.07, 6.45) is 5.34. The number of amides is 2. The zero-order valence-electron chi connectivity index (χ0n) is 14.5. The maximum Gasteiger partial charge on any atom is 0.291 e. The molecule has 1 aliphatic heterocycles. The largest absolute Gasteiger partial charge is 0.370 e. The third kappa shape index (κ3) is 7.36. The Labute approximate surface area is 146 Å². The molecule has 3 N–H and O–H groups in total. The van der Waals surface area contributed by atoms with E-state index < -0.39 is 5.91 Å². The Bertz CT molecular complexity index is 587. The van der Waals surface area contributed by atoms with Gasteiger partial charge in [0.25, 0.3) is 5.91 Å². The van der Waals surface area contributed by atoms with Gasteiger partial charge in [0.2, 0.25) is 5.91 Å². The van der Waals surface area contributed by atoms with Crippen molar-refractivity contribution in [2.45, 2.75) is 19.8 Å². The number of rotatable bonds is 8. The molecule has 0 bridgehead atoms. The number of nitrogens with zero attached hydrogens (tertiary/aromatic N) is 3. The van der Waals surface area contributed by atoms with Crippen LogP contribution in [-0.4, -0.2) is 66.9 Å². The molecule has 0 aliphatic carbocycles. The van der Waals surface area contributed by atoms with Crippen LogP contribution in [0.2, 0.25) is 0 Å². The highest BCUT2D eigenvalue weighted by Crippen LogP contribution is 1.91. The fourth-order valence-corrected chi connectivity index (χ4v) is 2.43. The van der Waals surface area contributed by atoms with Crippen LogP contribution in [0.4, 0.5) is 0 Å². The van der Waals surface area contributed by atoms with Gasteiger partial charge in [0.15, 0.2) is 0 Å². The van der Waals surface area contributed by atoms with Gasteiger partial charge in [-0.15, -0.1) is 0 Å². The first kappa shape index (κ1) is 18.9. The van der Waals surface area contributed by atoms with Crippen molar-refractivity contribution in [1.29, 1.82) is 0 Å². The van der Waals surface area contributed by atoms with Gasteiger partial charge in [-0.25, -0.2) is 10.4 Å². The summed E-state index contributed by atoms with van der Waals surface area (Å²) in [6.45, 7) is 7.06. The highest BCUT2D eigenvalue weighted by Gasteiger charge is 2.13. The lowest BCUT2D eigenvalue weighted by Gasteiger charge is -2.23. The van der Waals surface area contributed by atoms with Crippen molar-refractivity contribution in [3.8, 4) is 0 Å². The van der Waals surface area contributed by atoms with E-state index in [1.165, 1.54) is 23.5 Å². The quantitative estimate of drug-likeness (QED) is 0.297. The van der Waals surface area contributed by atoms with Crippen molar-refractivity contribution in [3.05, 3.63) is 24.3 Å². The normalized spacial score (nSPS) is 15.6. The van der Waals surface area contributed by atoms with E-state index in [1.807, 2.05) is 0 Å². The highest BCUT2D eigenvalue weighted by molar-refractivity contribution is 6.00. The van der Waals surface area contributed by atoms with E-state index >= 15 is 0 Å². The number of nitrogens with one attached hydrogen (secondary N) is 3. The summed E-state index contributed by atoms with van der Waals surface area (Å²) in [5.74, 6) is -0.562. The van der Waals surface area contributed by atoms with Crippen molar-refractivity contribution in [2.24, 2.45) is 5.10 Å². The lowest BCUT2D eigenvalue weighted by Crippen LogP contribution is -3.14. The van der Waals surface area contributed by atoms with Crippen LogP contribution in [0, 0.1) is 0 Å². The van der Waals surface area contributed by atoms with Crippen LogP contribution < -0.4 is 15.6 Å². The molecule has 1 aromatic rings. The molecular weight excluding hydrogens is 324 g/mol. The van der Waals surface area contributed by atoms with Gasteiger partial charge in [-0.2, -0.15) is 5.10 Å². The number of morpholine rings is 1. The van der Waals surface area contributed by atoms with E-state index in [-0.39, 0.29) is 18.0 Å². The van der Waals surface area contributed by atoms with Gasteiger partial charge >= 0.3 is 0 Å². The average Bonchev–Trinajstić information content (AvgIpc) is 2.65. The number of ether oxygens (including phenoxy) is 1. The van der Waals surface area contributed by atoms with Gasteiger partial charge in [-0.05, 0) is 6.92 Å². The second-order valence-electron chi connectivity index (χ2n) is 5.87. The third-order valence-corrected chi connectivity index (χ3v) is 3.79. The van der Waals surface area contributed by atoms with Gasteiger partial charge in [0.05, 0.1) is 32.4 Å². The van der Waals surface area contributed by atoms with Gasteiger partial charge in [0, 0.05) is 31.1 Å². The molecule has 0 spiro atoms. The number of quaternary nitrogens is 1. The van der Waals surface area contributed by atoms with Crippen molar-refractivity contribution in [3.63, 3.8) is 0 Å². The summed E-state index contributed by atoms with van der Waals surface area (Å²) in [5, 5.41) is 6.79. The lowest BCUT2D eigenvalue weighted by molar-refractivity contribution is -0.908. The van der Waals surface area contributed by atoms with Gasteiger partial charge < -0.3 is 15.0 Å². The van der Waals surface area contributed by atoms with E-state index in [0.717, 1.165) is 39.3 Å². The summed E-state index contributed by atoms with van der Waals surface area (Å²) in [7, 11) is 0. The predicted molar refractivity (Wildman–Crippen MR) is 91.2 cm³/mol. The number of carbonyl (C=O) groups excluding carboxylic acids is 2.